The maximum atomic E-state index is 3.82. The number of hydrogen-bond donors (Lipinski definition) is 1. The number of aromatic amines is 1. The standard InChI is InChI=1S/C6H4N3/c1-2-7-3-5-4-8-9-6(1)5/h1,3-4H,(H,8,9). The van der Waals surface area contributed by atoms with Crippen molar-refractivity contribution in [3.05, 3.63) is 24.7 Å². The van der Waals surface area contributed by atoms with Gasteiger partial charge in [0.05, 0.1) is 17.9 Å². The zero-order valence-electron chi connectivity index (χ0n) is 4.63. The number of nitrogens with one attached hydrogen (secondary N) is 1. The van der Waals surface area contributed by atoms with Crippen molar-refractivity contribution in [2.75, 3.05) is 0 Å². The summed E-state index contributed by atoms with van der Waals surface area (Å²) in [6.45, 7) is 0. The van der Waals surface area contributed by atoms with Crippen molar-refractivity contribution < 1.29 is 0 Å². The van der Waals surface area contributed by atoms with Gasteiger partial charge in [-0.1, -0.05) is 0 Å². The van der Waals surface area contributed by atoms with Crippen LogP contribution in [0, 0.1) is 6.20 Å². The summed E-state index contributed by atoms with van der Waals surface area (Å²) in [5, 5.41) is 7.64. The van der Waals surface area contributed by atoms with Crippen LogP contribution in [0.3, 0.4) is 0 Å². The van der Waals surface area contributed by atoms with Crippen LogP contribution in [-0.4, -0.2) is 15.2 Å². The number of pyridine rings is 1. The zero-order valence-corrected chi connectivity index (χ0v) is 4.63. The summed E-state index contributed by atoms with van der Waals surface area (Å²) in [6.07, 6.45) is 6.15. The fourth-order valence-corrected chi connectivity index (χ4v) is 0.733. The van der Waals surface area contributed by atoms with Crippen LogP contribution in [0.5, 0.6) is 0 Å². The first-order chi connectivity index (χ1) is 4.47. The van der Waals surface area contributed by atoms with E-state index in [1.807, 2.05) is 0 Å². The summed E-state index contributed by atoms with van der Waals surface area (Å²) in [7, 11) is 0. The molecule has 0 spiro atoms. The van der Waals surface area contributed by atoms with E-state index in [2.05, 4.69) is 21.4 Å². The predicted octanol–water partition coefficient (Wildman–Crippen LogP) is 0.758. The van der Waals surface area contributed by atoms with Crippen LogP contribution in [0.15, 0.2) is 18.5 Å². The van der Waals surface area contributed by atoms with E-state index in [1.165, 1.54) is 0 Å². The van der Waals surface area contributed by atoms with Gasteiger partial charge in [-0.15, -0.1) is 0 Å². The van der Waals surface area contributed by atoms with E-state index in [9.17, 15) is 0 Å². The number of hydrogen-bond acceptors (Lipinski definition) is 2. The van der Waals surface area contributed by atoms with Gasteiger partial charge in [-0.25, -0.2) is 0 Å². The second kappa shape index (κ2) is 1.55. The molecule has 0 aliphatic heterocycles. The maximum Gasteiger partial charge on any atom is 0.0908 e. The molecule has 2 rings (SSSR count). The second-order valence-electron chi connectivity index (χ2n) is 1.77. The zero-order chi connectivity index (χ0) is 6.10. The molecule has 3 heteroatoms. The molecule has 2 heterocycles. The van der Waals surface area contributed by atoms with E-state index in [0.717, 1.165) is 10.9 Å². The topological polar surface area (TPSA) is 41.6 Å². The molecule has 9 heavy (non-hydrogen) atoms. The SMILES string of the molecule is [c]1cc2[nH]ncc2cn1. The lowest BCUT2D eigenvalue weighted by Gasteiger charge is -1.80. The molecule has 43 valence electrons. The Morgan fingerprint density at radius 2 is 2.44 bits per heavy atom. The molecule has 0 saturated heterocycles. The monoisotopic (exact) mass is 118 g/mol. The Bertz CT molecular complexity index is 282. The van der Waals surface area contributed by atoms with E-state index < -0.39 is 0 Å². The number of nitrogens with zero attached hydrogens (tertiary/aromatic N) is 2. The first kappa shape index (κ1) is 4.49. The molecule has 0 bridgehead atoms. The summed E-state index contributed by atoms with van der Waals surface area (Å²) in [6, 6.07) is 1.77. The molecule has 2 aromatic rings. The van der Waals surface area contributed by atoms with Gasteiger partial charge in [-0.3, -0.25) is 10.1 Å². The van der Waals surface area contributed by atoms with Crippen molar-refractivity contribution in [2.24, 2.45) is 0 Å². The average Bonchev–Trinajstić information content (AvgIpc) is 2.33. The van der Waals surface area contributed by atoms with Crippen molar-refractivity contribution in [1.29, 1.82) is 0 Å². The van der Waals surface area contributed by atoms with Crippen LogP contribution in [0.4, 0.5) is 0 Å². The van der Waals surface area contributed by atoms with Crippen LogP contribution in [0.1, 0.15) is 0 Å². The molecule has 0 amide bonds. The quantitative estimate of drug-likeness (QED) is 0.554. The lowest BCUT2D eigenvalue weighted by Crippen LogP contribution is -1.69. The molecule has 0 aliphatic carbocycles. The van der Waals surface area contributed by atoms with Crippen LogP contribution >= 0.6 is 0 Å². The highest BCUT2D eigenvalue weighted by molar-refractivity contribution is 5.75. The minimum Gasteiger partial charge on any atom is -0.278 e. The number of aromatic nitrogens is 3. The molecule has 0 saturated carbocycles. The first-order valence-corrected chi connectivity index (χ1v) is 2.62. The number of fused-ring (bicyclic) bond motifs is 1. The van der Waals surface area contributed by atoms with E-state index in [1.54, 1.807) is 18.5 Å². The average molecular weight is 118 g/mol. The largest absolute Gasteiger partial charge is 0.278 e. The van der Waals surface area contributed by atoms with Crippen molar-refractivity contribution in [3.63, 3.8) is 0 Å². The van der Waals surface area contributed by atoms with Crippen LogP contribution in [0.2, 0.25) is 0 Å². The summed E-state index contributed by atoms with van der Waals surface area (Å²) in [5.41, 5.74) is 0.977. The summed E-state index contributed by atoms with van der Waals surface area (Å²) >= 11 is 0. The Morgan fingerprint density at radius 1 is 1.44 bits per heavy atom. The Balaban J connectivity index is 2.95. The first-order valence-electron chi connectivity index (χ1n) is 2.62. The maximum absolute atomic E-state index is 3.82. The molecule has 3 nitrogen and oxygen atoms in total. The fourth-order valence-electron chi connectivity index (χ4n) is 0.733. The van der Waals surface area contributed by atoms with E-state index in [4.69, 9.17) is 0 Å². The van der Waals surface area contributed by atoms with Crippen LogP contribution in [0.25, 0.3) is 10.9 Å². The van der Waals surface area contributed by atoms with Crippen molar-refractivity contribution >= 4 is 10.9 Å². The molecule has 1 N–H and O–H groups in total. The third kappa shape index (κ3) is 0.579. The predicted molar refractivity (Wildman–Crippen MR) is 32.7 cm³/mol. The van der Waals surface area contributed by atoms with Crippen molar-refractivity contribution in [3.8, 4) is 0 Å². The number of rotatable bonds is 0. The summed E-state index contributed by atoms with van der Waals surface area (Å²) in [4.78, 5) is 3.80. The van der Waals surface area contributed by atoms with Gasteiger partial charge < -0.3 is 0 Å². The van der Waals surface area contributed by atoms with Gasteiger partial charge in [0.25, 0.3) is 0 Å². The minimum atomic E-state index is 0.977. The summed E-state index contributed by atoms with van der Waals surface area (Å²) < 4.78 is 0. The molecule has 0 unspecified atom stereocenters. The fraction of sp³-hybridized carbons (Fsp3) is 0. The smallest absolute Gasteiger partial charge is 0.0908 e. The summed E-state index contributed by atoms with van der Waals surface area (Å²) in [5.74, 6) is 0. The van der Waals surface area contributed by atoms with Gasteiger partial charge in [-0.2, -0.15) is 5.10 Å². The molecule has 0 fully saturated rings. The molecule has 0 aromatic carbocycles. The molecule has 2 aromatic heterocycles. The van der Waals surface area contributed by atoms with Gasteiger partial charge >= 0.3 is 0 Å². The second-order valence-corrected chi connectivity index (χ2v) is 1.77. The van der Waals surface area contributed by atoms with Gasteiger partial charge in [0.15, 0.2) is 0 Å². The van der Waals surface area contributed by atoms with Gasteiger partial charge in [0.2, 0.25) is 0 Å². The third-order valence-electron chi connectivity index (χ3n) is 1.19. The van der Waals surface area contributed by atoms with E-state index in [0.29, 0.717) is 0 Å². The lowest BCUT2D eigenvalue weighted by atomic mass is 10.3. The number of H-pyrrole nitrogens is 1. The van der Waals surface area contributed by atoms with Crippen LogP contribution in [-0.2, 0) is 0 Å². The van der Waals surface area contributed by atoms with Gasteiger partial charge in [-0.05, 0) is 6.07 Å². The highest BCUT2D eigenvalue weighted by Crippen LogP contribution is 2.04. The third-order valence-corrected chi connectivity index (χ3v) is 1.19. The Labute approximate surface area is 51.7 Å². The Kier molecular flexibility index (Phi) is 0.773. The van der Waals surface area contributed by atoms with E-state index >= 15 is 0 Å². The molecule has 1 radical (unpaired) electrons. The Hall–Kier alpha value is -1.38. The highest BCUT2D eigenvalue weighted by Gasteiger charge is 1.89. The molecular weight excluding hydrogens is 114 g/mol. The minimum absolute atomic E-state index is 0.977. The van der Waals surface area contributed by atoms with Gasteiger partial charge in [0, 0.05) is 11.6 Å². The van der Waals surface area contributed by atoms with Gasteiger partial charge in [0.1, 0.15) is 0 Å². The lowest BCUT2D eigenvalue weighted by molar-refractivity contribution is 1.12. The normalized spacial score (nSPS) is 10.2. The highest BCUT2D eigenvalue weighted by atomic mass is 15.1. The van der Waals surface area contributed by atoms with E-state index in [-0.39, 0.29) is 0 Å². The molecule has 0 aliphatic rings. The van der Waals surface area contributed by atoms with Crippen molar-refractivity contribution in [1.82, 2.24) is 15.2 Å². The van der Waals surface area contributed by atoms with Crippen molar-refractivity contribution in [2.45, 2.75) is 0 Å². The Morgan fingerprint density at radius 3 is 3.33 bits per heavy atom. The van der Waals surface area contributed by atoms with Crippen LogP contribution < -0.4 is 0 Å². The molecule has 0 atom stereocenters. The molecular formula is C6H4N3.